The second-order valence-corrected chi connectivity index (χ2v) is 10.2. The SMILES string of the molecule is CC1CCCN1C(=O)C(NC(=O)CCOCC1(COCCOCCN)CNC1)C(C)(C)C. The number of amides is 2. The molecule has 2 rings (SSSR count). The van der Waals surface area contributed by atoms with Gasteiger partial charge in [-0.2, -0.15) is 0 Å². The van der Waals surface area contributed by atoms with Crippen LogP contribution in [0.5, 0.6) is 0 Å². The van der Waals surface area contributed by atoms with Gasteiger partial charge in [0.2, 0.25) is 11.8 Å². The highest BCUT2D eigenvalue weighted by atomic mass is 16.5. The molecule has 2 fully saturated rings. The van der Waals surface area contributed by atoms with Crippen molar-refractivity contribution < 1.29 is 23.8 Å². The summed E-state index contributed by atoms with van der Waals surface area (Å²) in [6.07, 6.45) is 2.27. The van der Waals surface area contributed by atoms with Crippen LogP contribution in [0.2, 0.25) is 0 Å². The standard InChI is InChI=1S/C23H44N4O5/c1-18-6-5-9-27(18)21(29)20(22(2,3)4)26-19(28)7-10-31-16-23(14-25-15-23)17-32-13-12-30-11-8-24/h18,20,25H,5-17,24H2,1-4H3,(H,26,28). The zero-order valence-corrected chi connectivity index (χ0v) is 20.4. The van der Waals surface area contributed by atoms with E-state index in [1.165, 1.54) is 0 Å². The molecule has 2 atom stereocenters. The fraction of sp³-hybridized carbons (Fsp3) is 0.913. The molecule has 4 N–H and O–H groups in total. The van der Waals surface area contributed by atoms with Crippen molar-refractivity contribution in [3.63, 3.8) is 0 Å². The highest BCUT2D eigenvalue weighted by Crippen LogP contribution is 2.26. The molecule has 0 aromatic carbocycles. The smallest absolute Gasteiger partial charge is 0.245 e. The maximum absolute atomic E-state index is 13.1. The van der Waals surface area contributed by atoms with Gasteiger partial charge in [0.1, 0.15) is 6.04 Å². The van der Waals surface area contributed by atoms with Crippen molar-refractivity contribution in [1.82, 2.24) is 15.5 Å². The molecule has 186 valence electrons. The van der Waals surface area contributed by atoms with Crippen LogP contribution in [0.4, 0.5) is 0 Å². The average molecular weight is 457 g/mol. The summed E-state index contributed by atoms with van der Waals surface area (Å²) >= 11 is 0. The van der Waals surface area contributed by atoms with Crippen molar-refractivity contribution >= 4 is 11.8 Å². The van der Waals surface area contributed by atoms with Gasteiger partial charge in [-0.15, -0.1) is 0 Å². The van der Waals surface area contributed by atoms with Gasteiger partial charge >= 0.3 is 0 Å². The van der Waals surface area contributed by atoms with Gasteiger partial charge in [0.05, 0.1) is 39.6 Å². The topological polar surface area (TPSA) is 115 Å². The van der Waals surface area contributed by atoms with E-state index >= 15 is 0 Å². The lowest BCUT2D eigenvalue weighted by Gasteiger charge is -2.42. The summed E-state index contributed by atoms with van der Waals surface area (Å²) in [6.45, 7) is 14.0. The van der Waals surface area contributed by atoms with Crippen LogP contribution in [0, 0.1) is 10.8 Å². The van der Waals surface area contributed by atoms with Crippen molar-refractivity contribution in [3.05, 3.63) is 0 Å². The number of hydrogen-bond acceptors (Lipinski definition) is 7. The maximum Gasteiger partial charge on any atom is 0.245 e. The Kier molecular flexibility index (Phi) is 10.8. The van der Waals surface area contributed by atoms with Gasteiger partial charge in [0.15, 0.2) is 0 Å². The van der Waals surface area contributed by atoms with E-state index in [1.54, 1.807) is 0 Å². The summed E-state index contributed by atoms with van der Waals surface area (Å²) in [5, 5.41) is 6.24. The predicted octanol–water partition coefficient (Wildman–Crippen LogP) is 0.516. The number of carbonyl (C=O) groups excluding carboxylic acids is 2. The Hall–Kier alpha value is -1.26. The van der Waals surface area contributed by atoms with Crippen LogP contribution in [0.1, 0.15) is 47.0 Å². The molecule has 9 heteroatoms. The number of carbonyl (C=O) groups is 2. The van der Waals surface area contributed by atoms with Crippen molar-refractivity contribution in [3.8, 4) is 0 Å². The van der Waals surface area contributed by atoms with Crippen LogP contribution in [-0.4, -0.2) is 94.6 Å². The van der Waals surface area contributed by atoms with Gasteiger partial charge < -0.3 is 35.5 Å². The van der Waals surface area contributed by atoms with E-state index in [9.17, 15) is 9.59 Å². The van der Waals surface area contributed by atoms with Crippen LogP contribution < -0.4 is 16.4 Å². The Balaban J connectivity index is 1.71. The van der Waals surface area contributed by atoms with E-state index in [1.807, 2.05) is 25.7 Å². The number of hydrogen-bond donors (Lipinski definition) is 3. The van der Waals surface area contributed by atoms with Crippen molar-refractivity contribution in [2.75, 3.05) is 65.8 Å². The van der Waals surface area contributed by atoms with Gasteiger partial charge in [-0.05, 0) is 25.2 Å². The highest BCUT2D eigenvalue weighted by molar-refractivity contribution is 5.88. The number of nitrogens with zero attached hydrogens (tertiary/aromatic N) is 1. The zero-order valence-electron chi connectivity index (χ0n) is 20.4. The molecule has 2 unspecified atom stereocenters. The third-order valence-electron chi connectivity index (χ3n) is 6.18. The summed E-state index contributed by atoms with van der Waals surface area (Å²) in [5.74, 6) is -0.136. The Morgan fingerprint density at radius 2 is 1.78 bits per heavy atom. The molecule has 32 heavy (non-hydrogen) atoms. The molecule has 0 spiro atoms. The third kappa shape index (κ3) is 8.26. The van der Waals surface area contributed by atoms with Gasteiger partial charge in [0.25, 0.3) is 0 Å². The van der Waals surface area contributed by atoms with E-state index in [-0.39, 0.29) is 35.1 Å². The first-order valence-electron chi connectivity index (χ1n) is 11.9. The first-order chi connectivity index (χ1) is 15.2. The molecule has 2 amide bonds. The number of nitrogens with one attached hydrogen (secondary N) is 2. The van der Waals surface area contributed by atoms with Crippen molar-refractivity contribution in [2.45, 2.75) is 59.0 Å². The van der Waals surface area contributed by atoms with Gasteiger partial charge in [-0.1, -0.05) is 20.8 Å². The minimum atomic E-state index is -0.535. The Morgan fingerprint density at radius 1 is 1.12 bits per heavy atom. The molecule has 0 aromatic heterocycles. The largest absolute Gasteiger partial charge is 0.380 e. The Bertz CT molecular complexity index is 591. The van der Waals surface area contributed by atoms with Crippen LogP contribution in [-0.2, 0) is 23.8 Å². The highest BCUT2D eigenvalue weighted by Gasteiger charge is 2.39. The molecule has 9 nitrogen and oxygen atoms in total. The maximum atomic E-state index is 13.1. The Morgan fingerprint density at radius 3 is 2.31 bits per heavy atom. The van der Waals surface area contributed by atoms with Gasteiger partial charge in [0, 0.05) is 44.1 Å². The molecular formula is C23H44N4O5. The molecule has 2 saturated heterocycles. The lowest BCUT2D eigenvalue weighted by molar-refractivity contribution is -0.140. The first-order valence-corrected chi connectivity index (χ1v) is 11.9. The molecule has 2 aliphatic rings. The molecule has 0 aliphatic carbocycles. The van der Waals surface area contributed by atoms with E-state index in [2.05, 4.69) is 17.6 Å². The summed E-state index contributed by atoms with van der Waals surface area (Å²) < 4.78 is 16.9. The van der Waals surface area contributed by atoms with Crippen LogP contribution in [0.25, 0.3) is 0 Å². The summed E-state index contributed by atoms with van der Waals surface area (Å²) in [5.41, 5.74) is 4.98. The molecule has 0 saturated carbocycles. The number of rotatable bonds is 14. The quantitative estimate of drug-likeness (QED) is 0.326. The number of nitrogens with two attached hydrogens (primary N) is 1. The fourth-order valence-electron chi connectivity index (χ4n) is 4.08. The van der Waals surface area contributed by atoms with Crippen molar-refractivity contribution in [2.24, 2.45) is 16.6 Å². The second kappa shape index (κ2) is 12.8. The van der Waals surface area contributed by atoms with E-state index in [4.69, 9.17) is 19.9 Å². The molecule has 2 heterocycles. The van der Waals surface area contributed by atoms with Crippen LogP contribution in [0.15, 0.2) is 0 Å². The lowest BCUT2D eigenvalue weighted by atomic mass is 9.83. The van der Waals surface area contributed by atoms with Crippen LogP contribution >= 0.6 is 0 Å². The monoisotopic (exact) mass is 456 g/mol. The molecule has 0 bridgehead atoms. The summed E-state index contributed by atoms with van der Waals surface area (Å²) in [6, 6.07) is -0.304. The molecule has 0 aromatic rings. The fourth-order valence-corrected chi connectivity index (χ4v) is 4.08. The van der Waals surface area contributed by atoms with E-state index in [0.717, 1.165) is 32.5 Å². The van der Waals surface area contributed by atoms with E-state index in [0.29, 0.717) is 46.2 Å². The minimum absolute atomic E-state index is 0.0175. The van der Waals surface area contributed by atoms with Crippen LogP contribution in [0.3, 0.4) is 0 Å². The second-order valence-electron chi connectivity index (χ2n) is 10.2. The first kappa shape index (κ1) is 27.0. The number of likely N-dealkylation sites (tertiary alicyclic amines) is 1. The minimum Gasteiger partial charge on any atom is -0.380 e. The summed E-state index contributed by atoms with van der Waals surface area (Å²) in [7, 11) is 0. The zero-order chi connectivity index (χ0) is 23.6. The molecular weight excluding hydrogens is 412 g/mol. The van der Waals surface area contributed by atoms with Gasteiger partial charge in [-0.3, -0.25) is 9.59 Å². The number of ether oxygens (including phenoxy) is 3. The van der Waals surface area contributed by atoms with Gasteiger partial charge in [-0.25, -0.2) is 0 Å². The summed E-state index contributed by atoms with van der Waals surface area (Å²) in [4.78, 5) is 27.6. The van der Waals surface area contributed by atoms with E-state index < -0.39 is 6.04 Å². The third-order valence-corrected chi connectivity index (χ3v) is 6.18. The average Bonchev–Trinajstić information content (AvgIpc) is 3.13. The Labute approximate surface area is 193 Å². The predicted molar refractivity (Wildman–Crippen MR) is 123 cm³/mol. The molecule has 2 aliphatic heterocycles. The molecule has 0 radical (unpaired) electrons. The van der Waals surface area contributed by atoms with Crippen molar-refractivity contribution in [1.29, 1.82) is 0 Å². The lowest BCUT2D eigenvalue weighted by Crippen LogP contribution is -2.58. The normalized spacial score (nSPS) is 21.3.